The predicted octanol–water partition coefficient (Wildman–Crippen LogP) is 3.83. The Bertz CT molecular complexity index is 1030. The summed E-state index contributed by atoms with van der Waals surface area (Å²) < 4.78 is 25.9. The van der Waals surface area contributed by atoms with Crippen molar-refractivity contribution in [3.8, 4) is 0 Å². The smallest absolute Gasteiger partial charge is 0.242 e. The number of benzene rings is 2. The molecule has 180 valence electrons. The fourth-order valence-electron chi connectivity index (χ4n) is 3.62. The molecule has 0 saturated carbocycles. The highest BCUT2D eigenvalue weighted by Crippen LogP contribution is 2.22. The maximum Gasteiger partial charge on any atom is 0.242 e. The lowest BCUT2D eigenvalue weighted by Gasteiger charge is -2.31. The number of amides is 2. The number of carbonyl (C=O) groups excluding carboxylic acids is 2. The van der Waals surface area contributed by atoms with Gasteiger partial charge in [0.1, 0.15) is 6.04 Å². The van der Waals surface area contributed by atoms with Crippen molar-refractivity contribution >= 4 is 39.1 Å². The van der Waals surface area contributed by atoms with Crippen molar-refractivity contribution in [1.29, 1.82) is 0 Å². The van der Waals surface area contributed by atoms with Crippen molar-refractivity contribution in [2.45, 2.75) is 45.7 Å². The Morgan fingerprint density at radius 1 is 1.03 bits per heavy atom. The lowest BCUT2D eigenvalue weighted by atomic mass is 10.1. The Kier molecular flexibility index (Phi) is 10.2. The Balaban J connectivity index is 2.19. The van der Waals surface area contributed by atoms with Gasteiger partial charge in [0.05, 0.1) is 11.9 Å². The van der Waals surface area contributed by atoms with Gasteiger partial charge in [0.15, 0.2) is 0 Å². The third-order valence-corrected chi connectivity index (χ3v) is 6.79. The lowest BCUT2D eigenvalue weighted by molar-refractivity contribution is -0.141. The zero-order valence-corrected chi connectivity index (χ0v) is 20.9. The van der Waals surface area contributed by atoms with Gasteiger partial charge in [-0.2, -0.15) is 0 Å². The molecule has 0 aromatic heterocycles. The number of likely N-dealkylation sites (N-methyl/N-ethyl adjacent to an activating group) is 1. The van der Waals surface area contributed by atoms with Gasteiger partial charge in [0, 0.05) is 31.1 Å². The molecule has 0 saturated heterocycles. The summed E-state index contributed by atoms with van der Waals surface area (Å²) in [5.74, 6) is -0.447. The number of para-hydroxylation sites is 1. The van der Waals surface area contributed by atoms with E-state index >= 15 is 0 Å². The largest absolute Gasteiger partial charge is 0.355 e. The number of nitrogens with zero attached hydrogens (tertiary/aromatic N) is 2. The molecule has 0 aliphatic carbocycles. The van der Waals surface area contributed by atoms with Crippen LogP contribution in [0.1, 0.15) is 38.7 Å². The minimum absolute atomic E-state index is 0.0964. The molecule has 0 radical (unpaired) electrons. The van der Waals surface area contributed by atoms with Crippen LogP contribution in [-0.4, -0.2) is 50.5 Å². The molecule has 0 fully saturated rings. The average Bonchev–Trinajstić information content (AvgIpc) is 2.77. The minimum Gasteiger partial charge on any atom is -0.355 e. The second-order valence-corrected chi connectivity index (χ2v) is 10.0. The zero-order valence-electron chi connectivity index (χ0n) is 19.3. The number of halogens is 1. The normalized spacial score (nSPS) is 12.1. The van der Waals surface area contributed by atoms with E-state index in [2.05, 4.69) is 5.32 Å². The maximum atomic E-state index is 13.3. The second kappa shape index (κ2) is 12.6. The summed E-state index contributed by atoms with van der Waals surface area (Å²) in [6.45, 7) is 4.50. The number of rotatable bonds is 12. The molecule has 2 aromatic carbocycles. The summed E-state index contributed by atoms with van der Waals surface area (Å²) in [7, 11) is -3.51. The van der Waals surface area contributed by atoms with Crippen LogP contribution in [-0.2, 0) is 26.2 Å². The van der Waals surface area contributed by atoms with Crippen LogP contribution in [0.2, 0.25) is 5.02 Å². The molecule has 0 bridgehead atoms. The van der Waals surface area contributed by atoms with E-state index in [0.717, 1.165) is 11.8 Å². The highest BCUT2D eigenvalue weighted by Gasteiger charge is 2.29. The quantitative estimate of drug-likeness (QED) is 0.486. The molecule has 2 amide bonds. The van der Waals surface area contributed by atoms with E-state index in [4.69, 9.17) is 11.6 Å². The summed E-state index contributed by atoms with van der Waals surface area (Å²) in [5.41, 5.74) is 1.30. The van der Waals surface area contributed by atoms with Crippen LogP contribution in [0, 0.1) is 0 Å². The third-order valence-electron chi connectivity index (χ3n) is 5.23. The lowest BCUT2D eigenvalue weighted by Crippen LogP contribution is -2.49. The molecule has 0 aliphatic heterocycles. The maximum absolute atomic E-state index is 13.3. The monoisotopic (exact) mass is 493 g/mol. The van der Waals surface area contributed by atoms with Gasteiger partial charge in [-0.1, -0.05) is 54.9 Å². The SMILES string of the molecule is CCNC(=O)[C@H](CC)N(Cc1ccccc1Cl)C(=O)CCCN(c1ccccc1)S(C)(=O)=O. The van der Waals surface area contributed by atoms with Gasteiger partial charge in [0.25, 0.3) is 0 Å². The number of nitrogens with one attached hydrogen (secondary N) is 1. The number of carbonyl (C=O) groups is 2. The van der Waals surface area contributed by atoms with Crippen LogP contribution in [0.4, 0.5) is 5.69 Å². The van der Waals surface area contributed by atoms with Crippen LogP contribution in [0.3, 0.4) is 0 Å². The average molecular weight is 494 g/mol. The fourth-order valence-corrected chi connectivity index (χ4v) is 4.78. The van der Waals surface area contributed by atoms with Gasteiger partial charge < -0.3 is 10.2 Å². The molecule has 1 N–H and O–H groups in total. The first kappa shape index (κ1) is 26.7. The molecule has 0 heterocycles. The molecule has 9 heteroatoms. The van der Waals surface area contributed by atoms with Crippen molar-refractivity contribution in [2.24, 2.45) is 0 Å². The summed E-state index contributed by atoms with van der Waals surface area (Å²) >= 11 is 6.31. The number of anilines is 1. The molecule has 0 unspecified atom stereocenters. The van der Waals surface area contributed by atoms with Crippen molar-refractivity contribution in [2.75, 3.05) is 23.7 Å². The number of hydrogen-bond acceptors (Lipinski definition) is 4. The predicted molar refractivity (Wildman–Crippen MR) is 133 cm³/mol. The van der Waals surface area contributed by atoms with E-state index in [1.165, 1.54) is 4.31 Å². The van der Waals surface area contributed by atoms with E-state index < -0.39 is 16.1 Å². The van der Waals surface area contributed by atoms with E-state index in [-0.39, 0.29) is 31.3 Å². The molecule has 0 spiro atoms. The van der Waals surface area contributed by atoms with Crippen LogP contribution in [0.5, 0.6) is 0 Å². The second-order valence-electron chi connectivity index (χ2n) is 7.71. The van der Waals surface area contributed by atoms with Gasteiger partial charge in [-0.05, 0) is 43.5 Å². The van der Waals surface area contributed by atoms with Gasteiger partial charge in [-0.15, -0.1) is 0 Å². The van der Waals surface area contributed by atoms with E-state index in [1.54, 1.807) is 35.2 Å². The molecule has 33 heavy (non-hydrogen) atoms. The molecule has 7 nitrogen and oxygen atoms in total. The third kappa shape index (κ3) is 7.75. The zero-order chi connectivity index (χ0) is 24.4. The summed E-state index contributed by atoms with van der Waals surface area (Å²) in [5, 5.41) is 3.32. The van der Waals surface area contributed by atoms with Crippen LogP contribution in [0.25, 0.3) is 0 Å². The van der Waals surface area contributed by atoms with E-state index in [1.807, 2.05) is 38.1 Å². The Morgan fingerprint density at radius 2 is 1.67 bits per heavy atom. The standard InChI is InChI=1S/C24H32ClN3O4S/c1-4-22(24(30)26-5-2)27(18-19-12-9-10-15-21(19)25)23(29)16-11-17-28(33(3,31)32)20-13-7-6-8-14-20/h6-10,12-15,22H,4-5,11,16-18H2,1-3H3,(H,26,30)/t22-/m0/s1. The minimum atomic E-state index is -3.51. The molecule has 0 aliphatic rings. The summed E-state index contributed by atoms with van der Waals surface area (Å²) in [6.07, 6.45) is 2.00. The van der Waals surface area contributed by atoms with Crippen LogP contribution in [0.15, 0.2) is 54.6 Å². The fraction of sp³-hybridized carbons (Fsp3) is 0.417. The van der Waals surface area contributed by atoms with E-state index in [9.17, 15) is 18.0 Å². The van der Waals surface area contributed by atoms with Crippen molar-refractivity contribution in [3.05, 3.63) is 65.2 Å². The van der Waals surface area contributed by atoms with Crippen LogP contribution < -0.4 is 9.62 Å². The van der Waals surface area contributed by atoms with Crippen LogP contribution >= 0.6 is 11.6 Å². The molecule has 2 rings (SSSR count). The van der Waals surface area contributed by atoms with Crippen molar-refractivity contribution < 1.29 is 18.0 Å². The molecular weight excluding hydrogens is 462 g/mol. The Labute approximate surface area is 201 Å². The first-order valence-electron chi connectivity index (χ1n) is 11.0. The number of hydrogen-bond donors (Lipinski definition) is 1. The highest BCUT2D eigenvalue weighted by molar-refractivity contribution is 7.92. The first-order chi connectivity index (χ1) is 15.7. The molecule has 2 aromatic rings. The van der Waals surface area contributed by atoms with Gasteiger partial charge >= 0.3 is 0 Å². The molecular formula is C24H32ClN3O4S. The summed E-state index contributed by atoms with van der Waals surface area (Å²) in [6, 6.07) is 15.3. The van der Waals surface area contributed by atoms with Gasteiger partial charge in [-0.25, -0.2) is 8.42 Å². The van der Waals surface area contributed by atoms with E-state index in [0.29, 0.717) is 30.1 Å². The highest BCUT2D eigenvalue weighted by atomic mass is 35.5. The van der Waals surface area contributed by atoms with Gasteiger partial charge in [-0.3, -0.25) is 13.9 Å². The Hall–Kier alpha value is -2.58. The summed E-state index contributed by atoms with van der Waals surface area (Å²) in [4.78, 5) is 27.5. The number of sulfonamides is 1. The van der Waals surface area contributed by atoms with Crippen molar-refractivity contribution in [1.82, 2.24) is 10.2 Å². The first-order valence-corrected chi connectivity index (χ1v) is 13.2. The molecule has 1 atom stereocenters. The van der Waals surface area contributed by atoms with Gasteiger partial charge in [0.2, 0.25) is 21.8 Å². The topological polar surface area (TPSA) is 86.8 Å². The van der Waals surface area contributed by atoms with Crippen molar-refractivity contribution in [3.63, 3.8) is 0 Å². The Morgan fingerprint density at radius 3 is 2.24 bits per heavy atom.